The minimum atomic E-state index is -0.379. The van der Waals surface area contributed by atoms with Gasteiger partial charge in [-0.25, -0.2) is 4.79 Å². The second-order valence-corrected chi connectivity index (χ2v) is 4.28. The zero-order chi connectivity index (χ0) is 12.4. The smallest absolute Gasteiger partial charge is 0.340 e. The molecule has 0 atom stereocenters. The lowest BCUT2D eigenvalue weighted by atomic mass is 10.1. The number of ether oxygens (including phenoxy) is 1. The summed E-state index contributed by atoms with van der Waals surface area (Å²) in [4.78, 5) is 13.9. The zero-order valence-corrected chi connectivity index (χ0v) is 10.3. The van der Waals surface area contributed by atoms with Crippen LogP contribution in [-0.4, -0.2) is 25.7 Å². The standard InChI is InChI=1S/C13H18N2O2/c1-3-15(9-4-5-9)10-6-7-12(14)11(8-10)13(16)17-2/h6-9H,3-5,14H2,1-2H3. The van der Waals surface area contributed by atoms with Gasteiger partial charge in [-0.2, -0.15) is 0 Å². The second kappa shape index (κ2) is 4.65. The molecule has 0 aliphatic heterocycles. The lowest BCUT2D eigenvalue weighted by Crippen LogP contribution is -2.25. The van der Waals surface area contributed by atoms with Gasteiger partial charge in [-0.05, 0) is 38.0 Å². The van der Waals surface area contributed by atoms with Gasteiger partial charge in [0.25, 0.3) is 0 Å². The molecule has 0 unspecified atom stereocenters. The van der Waals surface area contributed by atoms with E-state index in [0.717, 1.165) is 12.2 Å². The SMILES string of the molecule is CCN(c1ccc(N)c(C(=O)OC)c1)C1CC1. The molecule has 0 aromatic heterocycles. The topological polar surface area (TPSA) is 55.6 Å². The molecule has 4 heteroatoms. The molecule has 1 aliphatic carbocycles. The van der Waals surface area contributed by atoms with E-state index in [-0.39, 0.29) is 5.97 Å². The molecule has 0 amide bonds. The lowest BCUT2D eigenvalue weighted by molar-refractivity contribution is 0.0602. The van der Waals surface area contributed by atoms with Crippen molar-refractivity contribution in [3.8, 4) is 0 Å². The molecular weight excluding hydrogens is 216 g/mol. The highest BCUT2D eigenvalue weighted by molar-refractivity contribution is 5.96. The van der Waals surface area contributed by atoms with E-state index >= 15 is 0 Å². The summed E-state index contributed by atoms with van der Waals surface area (Å²) >= 11 is 0. The van der Waals surface area contributed by atoms with Gasteiger partial charge in [0.1, 0.15) is 0 Å². The van der Waals surface area contributed by atoms with Crippen LogP contribution in [0.3, 0.4) is 0 Å². The molecule has 0 saturated heterocycles. The van der Waals surface area contributed by atoms with Gasteiger partial charge in [0.2, 0.25) is 0 Å². The Morgan fingerprint density at radius 2 is 2.24 bits per heavy atom. The van der Waals surface area contributed by atoms with Crippen LogP contribution in [0.15, 0.2) is 18.2 Å². The molecule has 2 rings (SSSR count). The Morgan fingerprint density at radius 1 is 1.53 bits per heavy atom. The number of hydrogen-bond donors (Lipinski definition) is 1. The third-order valence-corrected chi connectivity index (χ3v) is 3.10. The molecular formula is C13H18N2O2. The first-order valence-electron chi connectivity index (χ1n) is 5.91. The average Bonchev–Trinajstić information content (AvgIpc) is 3.15. The minimum absolute atomic E-state index is 0.379. The van der Waals surface area contributed by atoms with Crippen molar-refractivity contribution < 1.29 is 9.53 Å². The van der Waals surface area contributed by atoms with Crippen LogP contribution in [0, 0.1) is 0 Å². The van der Waals surface area contributed by atoms with Crippen molar-refractivity contribution in [3.63, 3.8) is 0 Å². The zero-order valence-electron chi connectivity index (χ0n) is 10.3. The van der Waals surface area contributed by atoms with Crippen LogP contribution in [0.4, 0.5) is 11.4 Å². The van der Waals surface area contributed by atoms with E-state index in [1.807, 2.05) is 12.1 Å². The van der Waals surface area contributed by atoms with E-state index in [4.69, 9.17) is 10.5 Å². The van der Waals surface area contributed by atoms with Crippen LogP contribution in [0.1, 0.15) is 30.1 Å². The van der Waals surface area contributed by atoms with Gasteiger partial charge < -0.3 is 15.4 Å². The molecule has 1 aromatic carbocycles. The second-order valence-electron chi connectivity index (χ2n) is 4.28. The van der Waals surface area contributed by atoms with E-state index < -0.39 is 0 Å². The van der Waals surface area contributed by atoms with Crippen LogP contribution >= 0.6 is 0 Å². The maximum Gasteiger partial charge on any atom is 0.340 e. The van der Waals surface area contributed by atoms with Crippen molar-refractivity contribution in [2.24, 2.45) is 0 Å². The number of carbonyl (C=O) groups excluding carboxylic acids is 1. The summed E-state index contributed by atoms with van der Waals surface area (Å²) < 4.78 is 4.72. The molecule has 2 N–H and O–H groups in total. The molecule has 17 heavy (non-hydrogen) atoms. The largest absolute Gasteiger partial charge is 0.465 e. The monoisotopic (exact) mass is 234 g/mol. The third kappa shape index (κ3) is 2.35. The number of nitrogen functional groups attached to an aromatic ring is 1. The lowest BCUT2D eigenvalue weighted by Gasteiger charge is -2.23. The van der Waals surface area contributed by atoms with Crippen molar-refractivity contribution in [1.82, 2.24) is 0 Å². The van der Waals surface area contributed by atoms with Gasteiger partial charge in [0, 0.05) is 24.0 Å². The fraction of sp³-hybridized carbons (Fsp3) is 0.462. The maximum atomic E-state index is 11.6. The normalized spacial score (nSPS) is 14.5. The molecule has 0 heterocycles. The van der Waals surface area contributed by atoms with Gasteiger partial charge >= 0.3 is 5.97 Å². The van der Waals surface area contributed by atoms with Crippen molar-refractivity contribution in [1.29, 1.82) is 0 Å². The molecule has 0 spiro atoms. The Hall–Kier alpha value is -1.71. The predicted octanol–water partition coefficient (Wildman–Crippen LogP) is 2.04. The first-order chi connectivity index (χ1) is 8.17. The number of esters is 1. The first-order valence-corrected chi connectivity index (χ1v) is 5.91. The number of hydrogen-bond acceptors (Lipinski definition) is 4. The molecule has 1 fully saturated rings. The van der Waals surface area contributed by atoms with E-state index in [1.54, 1.807) is 6.07 Å². The molecule has 0 radical (unpaired) electrons. The van der Waals surface area contributed by atoms with E-state index in [9.17, 15) is 4.79 Å². The van der Waals surface area contributed by atoms with Crippen LogP contribution < -0.4 is 10.6 Å². The highest BCUT2D eigenvalue weighted by Gasteiger charge is 2.28. The molecule has 4 nitrogen and oxygen atoms in total. The number of benzene rings is 1. The van der Waals surface area contributed by atoms with Gasteiger partial charge in [0.15, 0.2) is 0 Å². The van der Waals surface area contributed by atoms with E-state index in [1.165, 1.54) is 20.0 Å². The molecule has 92 valence electrons. The van der Waals surface area contributed by atoms with E-state index in [2.05, 4.69) is 11.8 Å². The highest BCUT2D eigenvalue weighted by Crippen LogP contribution is 2.32. The highest BCUT2D eigenvalue weighted by atomic mass is 16.5. The molecule has 1 aliphatic rings. The Bertz CT molecular complexity index is 427. The van der Waals surface area contributed by atoms with Crippen LogP contribution in [-0.2, 0) is 4.74 Å². The summed E-state index contributed by atoms with van der Waals surface area (Å²) in [6.45, 7) is 3.06. The number of carbonyl (C=O) groups is 1. The van der Waals surface area contributed by atoms with Crippen LogP contribution in [0.25, 0.3) is 0 Å². The summed E-state index contributed by atoms with van der Waals surface area (Å²) in [5.74, 6) is -0.379. The number of anilines is 2. The van der Waals surface area contributed by atoms with Gasteiger partial charge in [-0.3, -0.25) is 0 Å². The molecule has 1 aromatic rings. The minimum Gasteiger partial charge on any atom is -0.465 e. The first kappa shape index (κ1) is 11.8. The number of rotatable bonds is 4. The summed E-state index contributed by atoms with van der Waals surface area (Å²) in [7, 11) is 1.37. The third-order valence-electron chi connectivity index (χ3n) is 3.10. The number of nitrogens with zero attached hydrogens (tertiary/aromatic N) is 1. The van der Waals surface area contributed by atoms with Crippen LogP contribution in [0.5, 0.6) is 0 Å². The average molecular weight is 234 g/mol. The Morgan fingerprint density at radius 3 is 2.76 bits per heavy atom. The summed E-state index contributed by atoms with van der Waals surface area (Å²) in [5.41, 5.74) is 7.74. The fourth-order valence-electron chi connectivity index (χ4n) is 2.05. The van der Waals surface area contributed by atoms with Gasteiger partial charge in [0.05, 0.1) is 12.7 Å². The van der Waals surface area contributed by atoms with Crippen molar-refractivity contribution in [2.45, 2.75) is 25.8 Å². The van der Waals surface area contributed by atoms with E-state index in [0.29, 0.717) is 17.3 Å². The fourth-order valence-corrected chi connectivity index (χ4v) is 2.05. The predicted molar refractivity (Wildman–Crippen MR) is 68.2 cm³/mol. The Labute approximate surface area is 101 Å². The summed E-state index contributed by atoms with van der Waals surface area (Å²) in [6, 6.07) is 6.17. The van der Waals surface area contributed by atoms with Crippen molar-refractivity contribution in [3.05, 3.63) is 23.8 Å². The maximum absolute atomic E-state index is 11.6. The Balaban J connectivity index is 2.32. The van der Waals surface area contributed by atoms with Crippen molar-refractivity contribution >= 4 is 17.3 Å². The molecule has 0 bridgehead atoms. The molecule has 1 saturated carbocycles. The van der Waals surface area contributed by atoms with Gasteiger partial charge in [-0.1, -0.05) is 0 Å². The number of methoxy groups -OCH3 is 1. The summed E-state index contributed by atoms with van der Waals surface area (Å²) in [5, 5.41) is 0. The van der Waals surface area contributed by atoms with Gasteiger partial charge in [-0.15, -0.1) is 0 Å². The summed E-state index contributed by atoms with van der Waals surface area (Å²) in [6.07, 6.45) is 2.46. The van der Waals surface area contributed by atoms with Crippen molar-refractivity contribution in [2.75, 3.05) is 24.3 Å². The van der Waals surface area contributed by atoms with Crippen LogP contribution in [0.2, 0.25) is 0 Å². The quantitative estimate of drug-likeness (QED) is 0.640. The number of nitrogens with two attached hydrogens (primary N) is 1. The Kier molecular flexibility index (Phi) is 3.22.